The van der Waals surface area contributed by atoms with E-state index in [0.717, 1.165) is 18.5 Å². The van der Waals surface area contributed by atoms with Crippen molar-refractivity contribution in [3.05, 3.63) is 101 Å². The van der Waals surface area contributed by atoms with Crippen LogP contribution in [-0.4, -0.2) is 23.3 Å². The molecule has 3 aromatic carbocycles. The Kier molecular flexibility index (Phi) is 5.43. The van der Waals surface area contributed by atoms with Gasteiger partial charge >= 0.3 is 0 Å². The number of nitrogens with zero attached hydrogens (tertiary/aromatic N) is 1. The lowest BCUT2D eigenvalue weighted by atomic mass is 9.99. The van der Waals surface area contributed by atoms with Crippen molar-refractivity contribution in [1.82, 2.24) is 4.90 Å². The van der Waals surface area contributed by atoms with Crippen LogP contribution in [0.5, 0.6) is 0 Å². The summed E-state index contributed by atoms with van der Waals surface area (Å²) in [5, 5.41) is 2.90. The topological polar surface area (TPSA) is 49.4 Å². The Morgan fingerprint density at radius 2 is 1.52 bits per heavy atom. The van der Waals surface area contributed by atoms with Crippen LogP contribution >= 0.6 is 0 Å². The molecule has 146 valence electrons. The van der Waals surface area contributed by atoms with Crippen LogP contribution in [-0.2, 0) is 19.4 Å². The number of carbonyl (C=O) groups is 2. The molecule has 2 amide bonds. The predicted octanol–water partition coefficient (Wildman–Crippen LogP) is 4.70. The standard InChI is InChI=1S/C25H24N2O2/c1-2-18-7-13-23(14-8-18)26-24(28)20-9-11-21(12-10-20)25(29)27-16-15-19-5-3-4-6-22(19)17-27/h3-14H,2,15-17H2,1H3,(H,26,28). The maximum absolute atomic E-state index is 12.9. The van der Waals surface area contributed by atoms with Gasteiger partial charge in [-0.2, -0.15) is 0 Å². The number of hydrogen-bond donors (Lipinski definition) is 1. The summed E-state index contributed by atoms with van der Waals surface area (Å²) >= 11 is 0. The fraction of sp³-hybridized carbons (Fsp3) is 0.200. The lowest BCUT2D eigenvalue weighted by molar-refractivity contribution is 0.0734. The highest BCUT2D eigenvalue weighted by atomic mass is 16.2. The van der Waals surface area contributed by atoms with Gasteiger partial charge in [0.1, 0.15) is 0 Å². The summed E-state index contributed by atoms with van der Waals surface area (Å²) in [5.41, 5.74) is 5.65. The normalized spacial score (nSPS) is 12.9. The van der Waals surface area contributed by atoms with Crippen molar-refractivity contribution >= 4 is 17.5 Å². The zero-order valence-corrected chi connectivity index (χ0v) is 16.5. The number of anilines is 1. The average molecular weight is 384 g/mol. The van der Waals surface area contributed by atoms with Gasteiger partial charge < -0.3 is 10.2 Å². The second kappa shape index (κ2) is 8.31. The minimum absolute atomic E-state index is 0.00150. The largest absolute Gasteiger partial charge is 0.334 e. The first-order chi connectivity index (χ1) is 14.1. The maximum atomic E-state index is 12.9. The van der Waals surface area contributed by atoms with Crippen molar-refractivity contribution in [3.8, 4) is 0 Å². The molecule has 0 radical (unpaired) electrons. The molecule has 4 heteroatoms. The van der Waals surface area contributed by atoms with Crippen molar-refractivity contribution in [2.24, 2.45) is 0 Å². The summed E-state index contributed by atoms with van der Waals surface area (Å²) in [5.74, 6) is -0.179. The van der Waals surface area contributed by atoms with Crippen LogP contribution in [0.2, 0.25) is 0 Å². The van der Waals surface area contributed by atoms with Crippen LogP contribution in [0.15, 0.2) is 72.8 Å². The molecule has 0 unspecified atom stereocenters. The molecule has 0 spiro atoms. The number of rotatable bonds is 4. The number of carbonyl (C=O) groups excluding carboxylic acids is 2. The van der Waals surface area contributed by atoms with Gasteiger partial charge in [-0.05, 0) is 65.9 Å². The number of aryl methyl sites for hydroxylation is 1. The molecule has 1 N–H and O–H groups in total. The average Bonchev–Trinajstić information content (AvgIpc) is 2.79. The zero-order valence-electron chi connectivity index (χ0n) is 16.5. The Bertz CT molecular complexity index is 1020. The number of nitrogens with one attached hydrogen (secondary N) is 1. The molecule has 0 saturated carbocycles. The SMILES string of the molecule is CCc1ccc(NC(=O)c2ccc(C(=O)N3CCc4ccccc4C3)cc2)cc1. The smallest absolute Gasteiger partial charge is 0.255 e. The summed E-state index contributed by atoms with van der Waals surface area (Å²) in [6.45, 7) is 3.44. The van der Waals surface area contributed by atoms with Gasteiger partial charge in [0.25, 0.3) is 11.8 Å². The highest BCUT2D eigenvalue weighted by molar-refractivity contribution is 6.05. The third-order valence-electron chi connectivity index (χ3n) is 5.43. The second-order valence-electron chi connectivity index (χ2n) is 7.33. The van der Waals surface area contributed by atoms with Crippen molar-refractivity contribution < 1.29 is 9.59 Å². The lowest BCUT2D eigenvalue weighted by Crippen LogP contribution is -2.35. The van der Waals surface area contributed by atoms with E-state index in [2.05, 4.69) is 24.4 Å². The minimum Gasteiger partial charge on any atom is -0.334 e. The van der Waals surface area contributed by atoms with Gasteiger partial charge in [0.2, 0.25) is 0 Å². The fourth-order valence-corrected chi connectivity index (χ4v) is 3.64. The van der Waals surface area contributed by atoms with E-state index in [1.54, 1.807) is 24.3 Å². The van der Waals surface area contributed by atoms with Crippen LogP contribution in [0.1, 0.15) is 44.3 Å². The molecule has 1 heterocycles. The van der Waals surface area contributed by atoms with E-state index in [-0.39, 0.29) is 11.8 Å². The molecule has 0 saturated heterocycles. The van der Waals surface area contributed by atoms with Crippen molar-refractivity contribution in [1.29, 1.82) is 0 Å². The summed E-state index contributed by atoms with van der Waals surface area (Å²) in [6, 6.07) is 23.0. The van der Waals surface area contributed by atoms with Crippen molar-refractivity contribution in [2.45, 2.75) is 26.3 Å². The Balaban J connectivity index is 1.42. The van der Waals surface area contributed by atoms with Gasteiger partial charge in [-0.1, -0.05) is 43.3 Å². The van der Waals surface area contributed by atoms with E-state index >= 15 is 0 Å². The van der Waals surface area contributed by atoms with Crippen molar-refractivity contribution in [3.63, 3.8) is 0 Å². The number of amides is 2. The van der Waals surface area contributed by atoms with Gasteiger partial charge in [0.15, 0.2) is 0 Å². The highest BCUT2D eigenvalue weighted by Crippen LogP contribution is 2.20. The first-order valence-corrected chi connectivity index (χ1v) is 10.0. The third-order valence-corrected chi connectivity index (χ3v) is 5.43. The molecular formula is C25H24N2O2. The number of benzene rings is 3. The van der Waals surface area contributed by atoms with Crippen molar-refractivity contribution in [2.75, 3.05) is 11.9 Å². The van der Waals surface area contributed by atoms with Crippen LogP contribution in [0.3, 0.4) is 0 Å². The first-order valence-electron chi connectivity index (χ1n) is 10.0. The summed E-state index contributed by atoms with van der Waals surface area (Å²) in [7, 11) is 0. The molecule has 0 bridgehead atoms. The first kappa shape index (κ1) is 18.9. The summed E-state index contributed by atoms with van der Waals surface area (Å²) in [6.07, 6.45) is 1.84. The molecule has 0 atom stereocenters. The molecule has 29 heavy (non-hydrogen) atoms. The monoisotopic (exact) mass is 384 g/mol. The zero-order chi connectivity index (χ0) is 20.2. The predicted molar refractivity (Wildman–Crippen MR) is 115 cm³/mol. The molecule has 0 fully saturated rings. The van der Waals surface area contributed by atoms with Gasteiger partial charge in [-0.3, -0.25) is 9.59 Å². The Hall–Kier alpha value is -3.40. The summed E-state index contributed by atoms with van der Waals surface area (Å²) in [4.78, 5) is 27.2. The highest BCUT2D eigenvalue weighted by Gasteiger charge is 2.21. The van der Waals surface area contributed by atoms with Crippen LogP contribution in [0.4, 0.5) is 5.69 Å². The minimum atomic E-state index is -0.180. The quantitative estimate of drug-likeness (QED) is 0.709. The van der Waals surface area contributed by atoms with E-state index < -0.39 is 0 Å². The Morgan fingerprint density at radius 1 is 0.862 bits per heavy atom. The maximum Gasteiger partial charge on any atom is 0.255 e. The van der Waals surface area contributed by atoms with E-state index in [9.17, 15) is 9.59 Å². The van der Waals surface area contributed by atoms with Gasteiger partial charge in [-0.15, -0.1) is 0 Å². The number of fused-ring (bicyclic) bond motifs is 1. The van der Waals surface area contributed by atoms with Crippen LogP contribution in [0, 0.1) is 0 Å². The molecular weight excluding hydrogens is 360 g/mol. The van der Waals surface area contributed by atoms with Crippen LogP contribution < -0.4 is 5.32 Å². The Labute approximate surface area is 171 Å². The molecule has 4 rings (SSSR count). The van der Waals surface area contributed by atoms with Gasteiger partial charge in [0.05, 0.1) is 0 Å². The van der Waals surface area contributed by atoms with E-state index in [0.29, 0.717) is 24.2 Å². The van der Waals surface area contributed by atoms with Crippen LogP contribution in [0.25, 0.3) is 0 Å². The van der Waals surface area contributed by atoms with Gasteiger partial charge in [-0.25, -0.2) is 0 Å². The van der Waals surface area contributed by atoms with E-state index in [1.165, 1.54) is 16.7 Å². The lowest BCUT2D eigenvalue weighted by Gasteiger charge is -2.29. The number of hydrogen-bond acceptors (Lipinski definition) is 2. The summed E-state index contributed by atoms with van der Waals surface area (Å²) < 4.78 is 0. The fourth-order valence-electron chi connectivity index (χ4n) is 3.64. The molecule has 3 aromatic rings. The van der Waals surface area contributed by atoms with E-state index in [1.807, 2.05) is 41.3 Å². The third kappa shape index (κ3) is 4.21. The van der Waals surface area contributed by atoms with Gasteiger partial charge in [0, 0.05) is 29.9 Å². The molecule has 4 nitrogen and oxygen atoms in total. The molecule has 0 aromatic heterocycles. The Morgan fingerprint density at radius 3 is 2.21 bits per heavy atom. The van der Waals surface area contributed by atoms with E-state index in [4.69, 9.17) is 0 Å². The second-order valence-corrected chi connectivity index (χ2v) is 7.33. The molecule has 1 aliphatic heterocycles. The molecule has 1 aliphatic rings. The molecule has 0 aliphatic carbocycles.